The van der Waals surface area contributed by atoms with Crippen LogP contribution in [0, 0.1) is 5.92 Å². The minimum atomic E-state index is -0.831. The van der Waals surface area contributed by atoms with Gasteiger partial charge < -0.3 is 20.7 Å². The fourth-order valence-corrected chi connectivity index (χ4v) is 4.09. The molecule has 1 saturated carbocycles. The van der Waals surface area contributed by atoms with E-state index in [4.69, 9.17) is 5.73 Å². The molecule has 0 spiro atoms. The second-order valence-electron chi connectivity index (χ2n) is 7.18. The number of nitrogens with two attached hydrogens (primary N) is 1. The van der Waals surface area contributed by atoms with Gasteiger partial charge >= 0.3 is 0 Å². The van der Waals surface area contributed by atoms with Crippen molar-refractivity contribution >= 4 is 17.7 Å². The molecule has 0 unspecified atom stereocenters. The molecule has 1 aromatic rings. The predicted molar refractivity (Wildman–Crippen MR) is 106 cm³/mol. The average Bonchev–Trinajstić information content (AvgIpc) is 2.64. The Morgan fingerprint density at radius 1 is 1.38 bits per heavy atom. The van der Waals surface area contributed by atoms with E-state index in [-0.39, 0.29) is 18.0 Å². The molecule has 146 valence electrons. The molecule has 0 aliphatic heterocycles. The van der Waals surface area contributed by atoms with E-state index < -0.39 is 18.2 Å². The number of carbonyl (C=O) groups excluding carboxylic acids is 1. The molecule has 0 bridgehead atoms. The van der Waals surface area contributed by atoms with Crippen LogP contribution in [0.15, 0.2) is 29.2 Å². The van der Waals surface area contributed by atoms with Gasteiger partial charge in [0.05, 0.1) is 24.7 Å². The molecule has 1 heterocycles. The third kappa shape index (κ3) is 6.45. The fourth-order valence-electron chi connectivity index (χ4n) is 3.58. The van der Waals surface area contributed by atoms with Crippen LogP contribution in [0.2, 0.25) is 0 Å². The number of hydrogen-bond donors (Lipinski definition) is 3. The highest BCUT2D eigenvalue weighted by atomic mass is 32.2. The number of carbonyl (C=O) groups is 1. The minimum absolute atomic E-state index is 0.159. The second kappa shape index (κ2) is 10.7. The van der Waals surface area contributed by atoms with Crippen molar-refractivity contribution in [2.24, 2.45) is 11.7 Å². The minimum Gasteiger partial charge on any atom is -0.389 e. The average molecular weight is 382 g/mol. The molecular weight excluding hydrogens is 350 g/mol. The van der Waals surface area contributed by atoms with Crippen LogP contribution in [0.5, 0.6) is 0 Å². The lowest BCUT2D eigenvalue weighted by atomic mass is 9.83. The summed E-state index contributed by atoms with van der Waals surface area (Å²) in [5.74, 6) is 0.795. The number of thioether (sulfide) groups is 1. The van der Waals surface area contributed by atoms with Crippen molar-refractivity contribution in [2.75, 3.05) is 12.0 Å². The Morgan fingerprint density at radius 2 is 2.12 bits per heavy atom. The number of aliphatic hydroxyl groups is 1. The zero-order chi connectivity index (χ0) is 18.9. The smallest absolute Gasteiger partial charge is 0.250 e. The number of rotatable bonds is 9. The van der Waals surface area contributed by atoms with E-state index >= 15 is 0 Å². The largest absolute Gasteiger partial charge is 0.389 e. The van der Waals surface area contributed by atoms with Gasteiger partial charge in [0.1, 0.15) is 0 Å². The van der Waals surface area contributed by atoms with Crippen LogP contribution >= 0.6 is 11.8 Å². The number of nitrogens with one attached hydrogen (secondary N) is 1. The third-order valence-electron chi connectivity index (χ3n) is 5.07. The standard InChI is InChI=1S/C19H31N3O3S/c1-26-13-15(20)19(25)21-16(11-14-7-3-2-4-8-14)17(23)12-22-10-6-5-9-18(22)24/h5-6,9-10,14-17,23H,2-4,7-8,11-13,20H2,1H3,(H,21,25)/t15-,16-,17-/m0/s1. The first kappa shape index (κ1) is 21.0. The summed E-state index contributed by atoms with van der Waals surface area (Å²) in [6.45, 7) is 0.162. The van der Waals surface area contributed by atoms with Gasteiger partial charge in [0.25, 0.3) is 5.56 Å². The maximum Gasteiger partial charge on any atom is 0.250 e. The summed E-state index contributed by atoms with van der Waals surface area (Å²) in [7, 11) is 0. The lowest BCUT2D eigenvalue weighted by Crippen LogP contribution is -2.52. The summed E-state index contributed by atoms with van der Waals surface area (Å²) in [5, 5.41) is 13.7. The van der Waals surface area contributed by atoms with Crippen LogP contribution in [0.3, 0.4) is 0 Å². The number of hydrogen-bond acceptors (Lipinski definition) is 5. The maximum absolute atomic E-state index is 12.4. The summed E-state index contributed by atoms with van der Waals surface area (Å²) in [5.41, 5.74) is 5.76. The Balaban J connectivity index is 2.06. The Kier molecular flexibility index (Phi) is 8.68. The van der Waals surface area contributed by atoms with Gasteiger partial charge in [-0.15, -0.1) is 0 Å². The SMILES string of the molecule is CSC[C@H](N)C(=O)N[C@@H](CC1CCCCC1)[C@@H](O)Cn1ccccc1=O. The van der Waals surface area contributed by atoms with Crippen molar-refractivity contribution in [1.82, 2.24) is 9.88 Å². The molecule has 1 aromatic heterocycles. The Bertz CT molecular complexity index is 616. The van der Waals surface area contributed by atoms with Crippen molar-refractivity contribution in [3.8, 4) is 0 Å². The Morgan fingerprint density at radius 3 is 2.77 bits per heavy atom. The van der Waals surface area contributed by atoms with Crippen molar-refractivity contribution in [2.45, 2.75) is 63.3 Å². The first-order valence-corrected chi connectivity index (χ1v) is 10.8. The number of pyridine rings is 1. The topological polar surface area (TPSA) is 97.3 Å². The van der Waals surface area contributed by atoms with Crippen molar-refractivity contribution < 1.29 is 9.90 Å². The van der Waals surface area contributed by atoms with Crippen LogP contribution in [-0.4, -0.2) is 45.8 Å². The van der Waals surface area contributed by atoms with E-state index in [1.54, 1.807) is 18.3 Å². The highest BCUT2D eigenvalue weighted by molar-refractivity contribution is 7.98. The quantitative estimate of drug-likeness (QED) is 0.600. The van der Waals surface area contributed by atoms with Crippen LogP contribution in [0.1, 0.15) is 38.5 Å². The number of amides is 1. The number of aromatic nitrogens is 1. The van der Waals surface area contributed by atoms with E-state index in [2.05, 4.69) is 5.32 Å². The molecule has 7 heteroatoms. The highest BCUT2D eigenvalue weighted by Crippen LogP contribution is 2.28. The summed E-state index contributed by atoms with van der Waals surface area (Å²) >= 11 is 1.52. The molecule has 1 aliphatic carbocycles. The molecule has 2 rings (SSSR count). The molecule has 1 aliphatic rings. The molecular formula is C19H31N3O3S. The molecule has 3 atom stereocenters. The highest BCUT2D eigenvalue weighted by Gasteiger charge is 2.28. The predicted octanol–water partition coefficient (Wildman–Crippen LogP) is 1.35. The second-order valence-corrected chi connectivity index (χ2v) is 8.09. The molecule has 1 fully saturated rings. The van der Waals surface area contributed by atoms with Gasteiger partial charge in [0.2, 0.25) is 5.91 Å². The summed E-state index contributed by atoms with van der Waals surface area (Å²) in [6.07, 6.45) is 9.37. The monoisotopic (exact) mass is 381 g/mol. The number of aliphatic hydroxyl groups excluding tert-OH is 1. The number of nitrogens with zero attached hydrogens (tertiary/aromatic N) is 1. The lowest BCUT2D eigenvalue weighted by molar-refractivity contribution is -0.123. The van der Waals surface area contributed by atoms with Gasteiger partial charge in [-0.1, -0.05) is 38.2 Å². The first-order chi connectivity index (χ1) is 12.5. The van der Waals surface area contributed by atoms with Crippen LogP contribution < -0.4 is 16.6 Å². The normalized spacial score (nSPS) is 18.9. The first-order valence-electron chi connectivity index (χ1n) is 9.39. The molecule has 1 amide bonds. The van der Waals surface area contributed by atoms with Gasteiger partial charge in [-0.25, -0.2) is 0 Å². The maximum atomic E-state index is 12.4. The van der Waals surface area contributed by atoms with Gasteiger partial charge in [-0.2, -0.15) is 11.8 Å². The van der Waals surface area contributed by atoms with E-state index in [1.807, 2.05) is 6.26 Å². The summed E-state index contributed by atoms with van der Waals surface area (Å²) in [4.78, 5) is 24.3. The third-order valence-corrected chi connectivity index (χ3v) is 5.76. The Labute approximate surface area is 159 Å². The van der Waals surface area contributed by atoms with E-state index in [9.17, 15) is 14.7 Å². The van der Waals surface area contributed by atoms with E-state index in [0.717, 1.165) is 19.3 Å². The summed E-state index contributed by atoms with van der Waals surface area (Å²) in [6, 6.07) is 3.91. The molecule has 6 nitrogen and oxygen atoms in total. The summed E-state index contributed by atoms with van der Waals surface area (Å²) < 4.78 is 1.48. The van der Waals surface area contributed by atoms with Crippen molar-refractivity contribution in [3.05, 3.63) is 34.7 Å². The Hall–Kier alpha value is -1.31. The molecule has 26 heavy (non-hydrogen) atoms. The van der Waals surface area contributed by atoms with E-state index in [1.165, 1.54) is 41.7 Å². The van der Waals surface area contributed by atoms with Gasteiger partial charge in [-0.05, 0) is 24.7 Å². The van der Waals surface area contributed by atoms with E-state index in [0.29, 0.717) is 11.7 Å². The zero-order valence-corrected chi connectivity index (χ0v) is 16.3. The van der Waals surface area contributed by atoms with Crippen molar-refractivity contribution in [1.29, 1.82) is 0 Å². The fraction of sp³-hybridized carbons (Fsp3) is 0.684. The van der Waals surface area contributed by atoms with Gasteiger partial charge in [0.15, 0.2) is 0 Å². The van der Waals surface area contributed by atoms with Crippen LogP contribution in [-0.2, 0) is 11.3 Å². The molecule has 0 aromatic carbocycles. The molecule has 0 radical (unpaired) electrons. The van der Waals surface area contributed by atoms with Crippen LogP contribution in [0.25, 0.3) is 0 Å². The van der Waals surface area contributed by atoms with Gasteiger partial charge in [-0.3, -0.25) is 9.59 Å². The molecule has 0 saturated heterocycles. The van der Waals surface area contributed by atoms with Crippen LogP contribution in [0.4, 0.5) is 0 Å². The lowest BCUT2D eigenvalue weighted by Gasteiger charge is -2.31. The molecule has 4 N–H and O–H groups in total. The zero-order valence-electron chi connectivity index (χ0n) is 15.5. The van der Waals surface area contributed by atoms with Gasteiger partial charge in [0, 0.05) is 18.0 Å². The van der Waals surface area contributed by atoms with Crippen molar-refractivity contribution in [3.63, 3.8) is 0 Å².